The zero-order valence-electron chi connectivity index (χ0n) is 27.2. The molecule has 48 heavy (non-hydrogen) atoms. The molecule has 1 aliphatic rings. The molecule has 248 valence electrons. The first kappa shape index (κ1) is 35.4. The maximum atomic E-state index is 14.6. The third-order valence-electron chi connectivity index (χ3n) is 7.77. The van der Waals surface area contributed by atoms with E-state index in [1.165, 1.54) is 44.2 Å². The van der Waals surface area contributed by atoms with Gasteiger partial charge in [-0.15, -0.1) is 0 Å². The van der Waals surface area contributed by atoms with Gasteiger partial charge < -0.3 is 14.2 Å². The number of halogens is 3. The molecule has 9 heteroatoms. The van der Waals surface area contributed by atoms with Crippen LogP contribution in [-0.4, -0.2) is 23.5 Å². The van der Waals surface area contributed by atoms with Crippen LogP contribution in [0.25, 0.3) is 16.7 Å². The minimum atomic E-state index is -4.72. The van der Waals surface area contributed by atoms with Crippen LogP contribution in [-0.2, 0) is 25.3 Å². The van der Waals surface area contributed by atoms with E-state index < -0.39 is 41.2 Å². The second kappa shape index (κ2) is 14.1. The first-order valence-electron chi connectivity index (χ1n) is 15.0. The Morgan fingerprint density at radius 1 is 0.792 bits per heavy atom. The Bertz CT molecular complexity index is 1860. The van der Waals surface area contributed by atoms with Crippen molar-refractivity contribution in [2.75, 3.05) is 0 Å². The Kier molecular flexibility index (Phi) is 10.4. The van der Waals surface area contributed by atoms with E-state index in [9.17, 15) is 27.6 Å². The molecule has 3 aromatic carbocycles. The SMILES string of the molecule is C=C(C)C(=O)Oc1ccc(C2=CC(C)(OC(=O)/C(C)=C/C)C(c3ccc(-c4ccc(OC(=O)C(=C)C)cc4)c(C(F)(F)F)c3)C=C2)cc1. The number of ether oxygens (including phenoxy) is 3. The summed E-state index contributed by atoms with van der Waals surface area (Å²) in [6.07, 6.45) is 2.04. The summed E-state index contributed by atoms with van der Waals surface area (Å²) < 4.78 is 60.2. The summed E-state index contributed by atoms with van der Waals surface area (Å²) in [6, 6.07) is 16.4. The molecule has 2 unspecified atom stereocenters. The van der Waals surface area contributed by atoms with Crippen molar-refractivity contribution < 1.29 is 41.8 Å². The van der Waals surface area contributed by atoms with E-state index in [1.54, 1.807) is 75.4 Å². The quantitative estimate of drug-likeness (QED) is 0.130. The maximum Gasteiger partial charge on any atom is 0.417 e. The summed E-state index contributed by atoms with van der Waals surface area (Å²) >= 11 is 0. The van der Waals surface area contributed by atoms with Gasteiger partial charge in [0.2, 0.25) is 0 Å². The smallest absolute Gasteiger partial charge is 0.417 e. The van der Waals surface area contributed by atoms with Crippen LogP contribution in [0.5, 0.6) is 11.5 Å². The van der Waals surface area contributed by atoms with Gasteiger partial charge in [0.15, 0.2) is 0 Å². The van der Waals surface area contributed by atoms with E-state index in [0.717, 1.165) is 6.07 Å². The minimum absolute atomic E-state index is 0.0732. The minimum Gasteiger partial charge on any atom is -0.451 e. The number of benzene rings is 3. The molecule has 0 amide bonds. The number of hydrogen-bond acceptors (Lipinski definition) is 6. The second-order valence-electron chi connectivity index (χ2n) is 11.7. The molecule has 0 aliphatic heterocycles. The number of carbonyl (C=O) groups is 3. The third kappa shape index (κ3) is 8.09. The monoisotopic (exact) mass is 656 g/mol. The summed E-state index contributed by atoms with van der Waals surface area (Å²) in [6.45, 7) is 15.0. The van der Waals surface area contributed by atoms with Crippen molar-refractivity contribution in [3.63, 3.8) is 0 Å². The molecule has 0 saturated carbocycles. The molecule has 4 rings (SSSR count). The molecule has 6 nitrogen and oxygen atoms in total. The summed E-state index contributed by atoms with van der Waals surface area (Å²) in [7, 11) is 0. The molecular weight excluding hydrogens is 621 g/mol. The van der Waals surface area contributed by atoms with Crippen LogP contribution in [0.1, 0.15) is 57.2 Å². The number of alkyl halides is 3. The van der Waals surface area contributed by atoms with Crippen LogP contribution < -0.4 is 9.47 Å². The molecule has 0 spiro atoms. The Labute approximate surface area is 277 Å². The van der Waals surface area contributed by atoms with E-state index >= 15 is 0 Å². The van der Waals surface area contributed by atoms with Gasteiger partial charge in [-0.2, -0.15) is 13.2 Å². The van der Waals surface area contributed by atoms with Crippen LogP contribution in [0.15, 0.2) is 121 Å². The molecule has 0 fully saturated rings. The molecular formula is C39H35F3O6. The Morgan fingerprint density at radius 2 is 1.31 bits per heavy atom. The Hall–Kier alpha value is -5.44. The lowest BCUT2D eigenvalue weighted by Crippen LogP contribution is -2.37. The topological polar surface area (TPSA) is 78.9 Å². The highest BCUT2D eigenvalue weighted by Gasteiger charge is 2.41. The lowest BCUT2D eigenvalue weighted by molar-refractivity contribution is -0.150. The highest BCUT2D eigenvalue weighted by atomic mass is 19.4. The number of allylic oxidation sites excluding steroid dienone is 3. The van der Waals surface area contributed by atoms with E-state index in [4.69, 9.17) is 14.2 Å². The van der Waals surface area contributed by atoms with Gasteiger partial charge in [-0.05, 0) is 98.9 Å². The molecule has 3 aromatic rings. The van der Waals surface area contributed by atoms with Crippen molar-refractivity contribution in [2.24, 2.45) is 0 Å². The number of rotatable bonds is 9. The van der Waals surface area contributed by atoms with E-state index in [1.807, 2.05) is 0 Å². The van der Waals surface area contributed by atoms with Crippen molar-refractivity contribution in [3.8, 4) is 22.6 Å². The molecule has 0 radical (unpaired) electrons. The zero-order valence-corrected chi connectivity index (χ0v) is 27.2. The lowest BCUT2D eigenvalue weighted by atomic mass is 9.76. The lowest BCUT2D eigenvalue weighted by Gasteiger charge is -2.37. The predicted octanol–water partition coefficient (Wildman–Crippen LogP) is 9.34. The van der Waals surface area contributed by atoms with E-state index in [-0.39, 0.29) is 33.6 Å². The van der Waals surface area contributed by atoms with Gasteiger partial charge in [-0.1, -0.05) is 67.8 Å². The Morgan fingerprint density at radius 3 is 1.79 bits per heavy atom. The molecule has 0 bridgehead atoms. The first-order chi connectivity index (χ1) is 22.5. The summed E-state index contributed by atoms with van der Waals surface area (Å²) in [4.78, 5) is 36.8. The van der Waals surface area contributed by atoms with Crippen molar-refractivity contribution in [2.45, 2.75) is 52.3 Å². The van der Waals surface area contributed by atoms with Crippen LogP contribution in [0.4, 0.5) is 13.2 Å². The molecule has 0 N–H and O–H groups in total. The summed E-state index contributed by atoms with van der Waals surface area (Å²) in [5.41, 5.74) is 0.322. The van der Waals surface area contributed by atoms with Crippen molar-refractivity contribution in [1.29, 1.82) is 0 Å². The van der Waals surface area contributed by atoms with Crippen molar-refractivity contribution in [1.82, 2.24) is 0 Å². The highest BCUT2D eigenvalue weighted by molar-refractivity contribution is 5.90. The van der Waals surface area contributed by atoms with Gasteiger partial charge in [0.1, 0.15) is 17.1 Å². The number of esters is 3. The average Bonchev–Trinajstić information content (AvgIpc) is 3.04. The second-order valence-corrected chi connectivity index (χ2v) is 11.7. The number of hydrogen-bond donors (Lipinski definition) is 0. The molecule has 0 heterocycles. The van der Waals surface area contributed by atoms with Crippen LogP contribution >= 0.6 is 0 Å². The van der Waals surface area contributed by atoms with Gasteiger partial charge in [0.05, 0.1) is 5.56 Å². The fraction of sp³-hybridized carbons (Fsp3) is 0.205. The first-order valence-corrected chi connectivity index (χ1v) is 15.0. The van der Waals surface area contributed by atoms with Crippen molar-refractivity contribution >= 4 is 23.5 Å². The maximum absolute atomic E-state index is 14.6. The molecule has 0 aromatic heterocycles. The summed E-state index contributed by atoms with van der Waals surface area (Å²) in [5, 5.41) is 0. The van der Waals surface area contributed by atoms with Gasteiger partial charge in [-0.25, -0.2) is 14.4 Å². The summed E-state index contributed by atoms with van der Waals surface area (Å²) in [5.74, 6) is -2.13. The van der Waals surface area contributed by atoms with Crippen LogP contribution in [0.2, 0.25) is 0 Å². The van der Waals surface area contributed by atoms with E-state index in [0.29, 0.717) is 22.5 Å². The van der Waals surface area contributed by atoms with E-state index in [2.05, 4.69) is 13.2 Å². The van der Waals surface area contributed by atoms with Gasteiger partial charge in [-0.3, -0.25) is 0 Å². The van der Waals surface area contributed by atoms with Gasteiger partial charge in [0.25, 0.3) is 0 Å². The van der Waals surface area contributed by atoms with Crippen LogP contribution in [0.3, 0.4) is 0 Å². The van der Waals surface area contributed by atoms with Crippen molar-refractivity contribution in [3.05, 3.63) is 138 Å². The standard InChI is InChI=1S/C39H35F3O6/c1-8-25(6)37(45)48-38(7)22-29(26-9-15-30(16-10-26)46-35(43)23(2)3)14-20-33(38)28-13-19-32(34(21-28)39(40,41)42)27-11-17-31(18-12-27)47-36(44)24(4)5/h8-22,33H,2,4H2,1,3,5-7H3/b25-8+. The highest BCUT2D eigenvalue weighted by Crippen LogP contribution is 2.45. The molecule has 2 atom stereocenters. The Balaban J connectivity index is 1.74. The largest absolute Gasteiger partial charge is 0.451 e. The van der Waals surface area contributed by atoms with Gasteiger partial charge in [0, 0.05) is 22.6 Å². The number of carbonyl (C=O) groups excluding carboxylic acids is 3. The average molecular weight is 657 g/mol. The molecule has 0 saturated heterocycles. The molecule has 1 aliphatic carbocycles. The van der Waals surface area contributed by atoms with Crippen LogP contribution in [0, 0.1) is 0 Å². The third-order valence-corrected chi connectivity index (χ3v) is 7.77. The predicted molar refractivity (Wildman–Crippen MR) is 178 cm³/mol. The normalized spacial score (nSPS) is 17.6. The fourth-order valence-corrected chi connectivity index (χ4v) is 5.00. The van der Waals surface area contributed by atoms with Gasteiger partial charge >= 0.3 is 24.1 Å². The fourth-order valence-electron chi connectivity index (χ4n) is 5.00. The zero-order chi connectivity index (χ0) is 35.4.